The van der Waals surface area contributed by atoms with E-state index >= 15 is 0 Å². The molecule has 2 aromatic rings. The number of likely N-dealkylation sites (N-methyl/N-ethyl adjacent to an activating group) is 1. The van der Waals surface area contributed by atoms with Gasteiger partial charge in [0.1, 0.15) is 23.6 Å². The largest absolute Gasteiger partial charge is 0.497 e. The lowest BCUT2D eigenvalue weighted by atomic mass is 10.2. The molecule has 2 aliphatic rings. The van der Waals surface area contributed by atoms with E-state index < -0.39 is 0 Å². The topological polar surface area (TPSA) is 60.0 Å². The highest BCUT2D eigenvalue weighted by Gasteiger charge is 2.30. The summed E-state index contributed by atoms with van der Waals surface area (Å²) in [7, 11) is 5.47. The van der Waals surface area contributed by atoms with Crippen molar-refractivity contribution in [3.63, 3.8) is 0 Å². The normalized spacial score (nSPS) is 18.4. The molecule has 26 heavy (non-hydrogen) atoms. The molecule has 0 radical (unpaired) electrons. The highest BCUT2D eigenvalue weighted by molar-refractivity contribution is 5.58. The maximum atomic E-state index is 5.58. The first kappa shape index (κ1) is 16.8. The molecule has 138 valence electrons. The predicted octanol–water partition coefficient (Wildman–Crippen LogP) is 2.14. The van der Waals surface area contributed by atoms with Crippen LogP contribution in [0.5, 0.6) is 17.4 Å². The van der Waals surface area contributed by atoms with Gasteiger partial charge in [0.2, 0.25) is 5.88 Å². The molecular weight excluding hydrogens is 332 g/mol. The summed E-state index contributed by atoms with van der Waals surface area (Å²) in [6.07, 6.45) is 3.53. The van der Waals surface area contributed by atoms with Gasteiger partial charge in [-0.15, -0.1) is 0 Å². The highest BCUT2D eigenvalue weighted by Crippen LogP contribution is 2.34. The van der Waals surface area contributed by atoms with Gasteiger partial charge in [-0.05, 0) is 6.42 Å². The molecule has 1 unspecified atom stereocenters. The fourth-order valence-corrected chi connectivity index (χ4v) is 3.72. The van der Waals surface area contributed by atoms with Gasteiger partial charge in [-0.2, -0.15) is 0 Å². The summed E-state index contributed by atoms with van der Waals surface area (Å²) in [6, 6.07) is 6.39. The zero-order valence-electron chi connectivity index (χ0n) is 15.4. The van der Waals surface area contributed by atoms with Crippen LogP contribution in [0.4, 0.5) is 11.5 Å². The number of rotatable bonds is 5. The number of anilines is 2. The zero-order valence-corrected chi connectivity index (χ0v) is 15.4. The molecule has 1 saturated heterocycles. The summed E-state index contributed by atoms with van der Waals surface area (Å²) in [5.41, 5.74) is 2.24. The molecule has 1 fully saturated rings. The average Bonchev–Trinajstić information content (AvgIpc) is 3.36. The quantitative estimate of drug-likeness (QED) is 0.813. The smallest absolute Gasteiger partial charge is 0.221 e. The molecule has 2 aliphatic heterocycles. The molecule has 0 amide bonds. The zero-order chi connectivity index (χ0) is 18.1. The van der Waals surface area contributed by atoms with Gasteiger partial charge in [0.05, 0.1) is 26.4 Å². The number of methoxy groups -OCH3 is 2. The summed E-state index contributed by atoms with van der Waals surface area (Å²) in [4.78, 5) is 13.4. The van der Waals surface area contributed by atoms with Gasteiger partial charge in [-0.1, -0.05) is 0 Å². The first-order chi connectivity index (χ1) is 12.7. The Bertz CT molecular complexity index is 776. The van der Waals surface area contributed by atoms with Crippen LogP contribution in [0.1, 0.15) is 12.0 Å². The van der Waals surface area contributed by atoms with Crippen molar-refractivity contribution in [3.8, 4) is 17.4 Å². The maximum Gasteiger partial charge on any atom is 0.221 e. The van der Waals surface area contributed by atoms with Gasteiger partial charge < -0.3 is 24.0 Å². The van der Waals surface area contributed by atoms with Crippen LogP contribution in [0.25, 0.3) is 0 Å². The lowest BCUT2D eigenvalue weighted by Crippen LogP contribution is -2.35. The molecule has 1 atom stereocenters. The molecule has 0 saturated carbocycles. The Morgan fingerprint density at radius 3 is 2.65 bits per heavy atom. The molecule has 0 bridgehead atoms. The third-order valence-electron chi connectivity index (χ3n) is 5.22. The van der Waals surface area contributed by atoms with Gasteiger partial charge in [-0.25, -0.2) is 9.97 Å². The lowest BCUT2D eigenvalue weighted by Gasteiger charge is -2.27. The highest BCUT2D eigenvalue weighted by atomic mass is 16.5. The van der Waals surface area contributed by atoms with Crippen molar-refractivity contribution in [2.45, 2.75) is 18.9 Å². The van der Waals surface area contributed by atoms with Gasteiger partial charge in [-0.3, -0.25) is 0 Å². The van der Waals surface area contributed by atoms with E-state index in [-0.39, 0.29) is 0 Å². The molecule has 1 aromatic heterocycles. The Kier molecular flexibility index (Phi) is 4.44. The lowest BCUT2D eigenvalue weighted by molar-refractivity contribution is 0.344. The molecule has 4 rings (SSSR count). The van der Waals surface area contributed by atoms with Crippen LogP contribution in [0.15, 0.2) is 24.5 Å². The minimum atomic E-state index is 0.381. The van der Waals surface area contributed by atoms with Crippen molar-refractivity contribution < 1.29 is 14.2 Å². The molecular formula is C19H24N4O3. The van der Waals surface area contributed by atoms with E-state index in [9.17, 15) is 0 Å². The van der Waals surface area contributed by atoms with E-state index in [0.717, 1.165) is 60.4 Å². The number of ether oxygens (including phenoxy) is 3. The molecule has 0 spiro atoms. The van der Waals surface area contributed by atoms with Crippen LogP contribution in [0.2, 0.25) is 0 Å². The molecule has 7 heteroatoms. The van der Waals surface area contributed by atoms with Gasteiger partial charge in [0.15, 0.2) is 0 Å². The third kappa shape index (κ3) is 2.98. The summed E-state index contributed by atoms with van der Waals surface area (Å²) < 4.78 is 16.4. The van der Waals surface area contributed by atoms with Gasteiger partial charge in [0, 0.05) is 56.5 Å². The molecule has 0 N–H and O–H groups in total. The number of nitrogens with zero attached hydrogens (tertiary/aromatic N) is 4. The number of aromatic nitrogens is 2. The van der Waals surface area contributed by atoms with E-state index in [0.29, 0.717) is 12.6 Å². The van der Waals surface area contributed by atoms with Crippen LogP contribution in [0, 0.1) is 0 Å². The Labute approximate surface area is 153 Å². The van der Waals surface area contributed by atoms with Crippen molar-refractivity contribution in [1.82, 2.24) is 9.97 Å². The molecule has 1 aromatic carbocycles. The van der Waals surface area contributed by atoms with Gasteiger partial charge >= 0.3 is 0 Å². The summed E-state index contributed by atoms with van der Waals surface area (Å²) in [5, 5.41) is 0. The second-order valence-electron chi connectivity index (χ2n) is 6.65. The van der Waals surface area contributed by atoms with Crippen molar-refractivity contribution in [3.05, 3.63) is 30.1 Å². The fraction of sp³-hybridized carbons (Fsp3) is 0.474. The number of hydrogen-bond donors (Lipinski definition) is 0. The minimum Gasteiger partial charge on any atom is -0.497 e. The summed E-state index contributed by atoms with van der Waals surface area (Å²) in [6.45, 7) is 2.59. The standard InChI is InChI=1S/C19H24N4O3/c1-22(18-17-5-7-26-19(17)21-12-20-18)13-4-6-23(11-13)14-8-15(24-2)10-16(9-14)25-3/h8-10,12-13H,4-7,11H2,1-3H3. The van der Waals surface area contributed by atoms with Crippen LogP contribution in [-0.4, -0.2) is 57.0 Å². The summed E-state index contributed by atoms with van der Waals surface area (Å²) in [5.74, 6) is 3.33. The Balaban J connectivity index is 1.53. The van der Waals surface area contributed by atoms with Crippen LogP contribution >= 0.6 is 0 Å². The molecule has 7 nitrogen and oxygen atoms in total. The second-order valence-corrected chi connectivity index (χ2v) is 6.65. The summed E-state index contributed by atoms with van der Waals surface area (Å²) >= 11 is 0. The van der Waals surface area contributed by atoms with Crippen molar-refractivity contribution in [2.24, 2.45) is 0 Å². The number of benzene rings is 1. The van der Waals surface area contributed by atoms with E-state index in [1.54, 1.807) is 20.5 Å². The SMILES string of the molecule is COc1cc(OC)cc(N2CCC(N(C)c3ncnc4c3CCO4)C2)c1. The average molecular weight is 356 g/mol. The van der Waals surface area contributed by atoms with Crippen molar-refractivity contribution in [1.29, 1.82) is 0 Å². The predicted molar refractivity (Wildman–Crippen MR) is 99.8 cm³/mol. The van der Waals surface area contributed by atoms with Crippen LogP contribution in [0.3, 0.4) is 0 Å². The van der Waals surface area contributed by atoms with Gasteiger partial charge in [0.25, 0.3) is 0 Å². The van der Waals surface area contributed by atoms with E-state index in [4.69, 9.17) is 14.2 Å². The molecule has 3 heterocycles. The second kappa shape index (κ2) is 6.90. The first-order valence-electron chi connectivity index (χ1n) is 8.87. The van der Waals surface area contributed by atoms with Crippen LogP contribution in [-0.2, 0) is 6.42 Å². The maximum absolute atomic E-state index is 5.58. The first-order valence-corrected chi connectivity index (χ1v) is 8.87. The monoisotopic (exact) mass is 356 g/mol. The van der Waals surface area contributed by atoms with E-state index in [2.05, 4.69) is 38.9 Å². The van der Waals surface area contributed by atoms with E-state index in [1.165, 1.54) is 0 Å². The number of hydrogen-bond acceptors (Lipinski definition) is 7. The third-order valence-corrected chi connectivity index (χ3v) is 5.22. The fourth-order valence-electron chi connectivity index (χ4n) is 3.72. The Hall–Kier alpha value is -2.70. The van der Waals surface area contributed by atoms with Crippen LogP contribution < -0.4 is 24.0 Å². The Morgan fingerprint density at radius 2 is 1.92 bits per heavy atom. The number of fused-ring (bicyclic) bond motifs is 1. The van der Waals surface area contributed by atoms with Crippen molar-refractivity contribution >= 4 is 11.5 Å². The van der Waals surface area contributed by atoms with E-state index in [1.807, 2.05) is 6.07 Å². The minimum absolute atomic E-state index is 0.381. The Morgan fingerprint density at radius 1 is 1.15 bits per heavy atom. The molecule has 0 aliphatic carbocycles. The van der Waals surface area contributed by atoms with Crippen molar-refractivity contribution in [2.75, 3.05) is 50.8 Å².